The van der Waals surface area contributed by atoms with Gasteiger partial charge in [0.25, 0.3) is 0 Å². The second-order valence-corrected chi connectivity index (χ2v) is 8.03. The molecule has 0 aliphatic carbocycles. The van der Waals surface area contributed by atoms with Crippen LogP contribution in [-0.2, 0) is 0 Å². The minimum absolute atomic E-state index is 0.547. The third-order valence-corrected chi connectivity index (χ3v) is 6.02. The normalized spacial score (nSPS) is 12.8. The van der Waals surface area contributed by atoms with Crippen LogP contribution in [0.1, 0.15) is 81.7 Å². The summed E-state index contributed by atoms with van der Waals surface area (Å²) >= 11 is 5.53. The molecule has 1 nitrogen and oxygen atoms in total. The highest BCUT2D eigenvalue weighted by molar-refractivity contribution is 9.11. The molecule has 0 bridgehead atoms. The Morgan fingerprint density at radius 2 is 1.75 bits per heavy atom. The summed E-state index contributed by atoms with van der Waals surface area (Å²) < 4.78 is 1.29. The van der Waals surface area contributed by atoms with Crippen LogP contribution in [0.4, 0.5) is 0 Å². The van der Waals surface area contributed by atoms with Crippen LogP contribution in [0.2, 0.25) is 0 Å². The minimum Gasteiger partial charge on any atom is -0.310 e. The van der Waals surface area contributed by atoms with Crippen molar-refractivity contribution in [2.45, 2.75) is 78.2 Å². The standard InChI is InChI=1S/C17H30BrNS/c1-4-6-7-8-9-10-11-12-15(19-5-2)16-13-14(3)17(18)20-16/h13,15,19H,4-12H2,1-3H3. The van der Waals surface area contributed by atoms with E-state index in [2.05, 4.69) is 48.1 Å². The molecule has 0 aliphatic heterocycles. The molecule has 116 valence electrons. The van der Waals surface area contributed by atoms with Gasteiger partial charge in [0.15, 0.2) is 0 Å². The van der Waals surface area contributed by atoms with Crippen molar-refractivity contribution in [3.63, 3.8) is 0 Å². The molecule has 1 heterocycles. The lowest BCUT2D eigenvalue weighted by atomic mass is 10.0. The quantitative estimate of drug-likeness (QED) is 0.438. The van der Waals surface area contributed by atoms with E-state index in [0.717, 1.165) is 6.54 Å². The van der Waals surface area contributed by atoms with Crippen molar-refractivity contribution < 1.29 is 0 Å². The first-order chi connectivity index (χ1) is 9.69. The first-order valence-corrected chi connectivity index (χ1v) is 9.79. The largest absolute Gasteiger partial charge is 0.310 e. The topological polar surface area (TPSA) is 12.0 Å². The molecule has 1 rings (SSSR count). The molecular weight excluding hydrogens is 330 g/mol. The molecule has 1 aromatic heterocycles. The molecule has 1 unspecified atom stereocenters. The average molecular weight is 360 g/mol. The first kappa shape index (κ1) is 18.2. The molecule has 1 atom stereocenters. The van der Waals surface area contributed by atoms with Gasteiger partial charge in [-0.05, 0) is 47.4 Å². The van der Waals surface area contributed by atoms with E-state index < -0.39 is 0 Å². The molecule has 0 aromatic carbocycles. The Bertz CT molecular complexity index is 342. The van der Waals surface area contributed by atoms with E-state index in [-0.39, 0.29) is 0 Å². The van der Waals surface area contributed by atoms with Crippen LogP contribution < -0.4 is 5.32 Å². The van der Waals surface area contributed by atoms with Crippen molar-refractivity contribution in [1.82, 2.24) is 5.32 Å². The fourth-order valence-corrected chi connectivity index (χ4v) is 4.23. The van der Waals surface area contributed by atoms with E-state index in [9.17, 15) is 0 Å². The molecule has 1 N–H and O–H groups in total. The lowest BCUT2D eigenvalue weighted by molar-refractivity contribution is 0.481. The van der Waals surface area contributed by atoms with Gasteiger partial charge in [-0.25, -0.2) is 0 Å². The molecular formula is C17H30BrNS. The molecule has 3 heteroatoms. The molecule has 0 radical (unpaired) electrons. The summed E-state index contributed by atoms with van der Waals surface area (Å²) in [5, 5.41) is 3.64. The monoisotopic (exact) mass is 359 g/mol. The van der Waals surface area contributed by atoms with E-state index in [1.54, 1.807) is 0 Å². The highest BCUT2D eigenvalue weighted by atomic mass is 79.9. The summed E-state index contributed by atoms with van der Waals surface area (Å²) in [7, 11) is 0. The number of hydrogen-bond donors (Lipinski definition) is 1. The fraction of sp³-hybridized carbons (Fsp3) is 0.765. The number of unbranched alkanes of at least 4 members (excludes halogenated alkanes) is 6. The zero-order chi connectivity index (χ0) is 14.8. The summed E-state index contributed by atoms with van der Waals surface area (Å²) in [6.45, 7) is 7.71. The summed E-state index contributed by atoms with van der Waals surface area (Å²) in [4.78, 5) is 1.49. The lowest BCUT2D eigenvalue weighted by Crippen LogP contribution is -2.19. The van der Waals surface area contributed by atoms with Crippen LogP contribution in [0, 0.1) is 6.92 Å². The summed E-state index contributed by atoms with van der Waals surface area (Å²) in [6, 6.07) is 2.88. The van der Waals surface area contributed by atoms with Gasteiger partial charge in [-0.3, -0.25) is 0 Å². The Morgan fingerprint density at radius 3 is 2.30 bits per heavy atom. The Kier molecular flexibility index (Phi) is 9.83. The number of aryl methyl sites for hydroxylation is 1. The van der Waals surface area contributed by atoms with E-state index >= 15 is 0 Å². The maximum absolute atomic E-state index is 3.64. The van der Waals surface area contributed by atoms with Gasteiger partial charge in [0.05, 0.1) is 3.79 Å². The van der Waals surface area contributed by atoms with Gasteiger partial charge in [-0.15, -0.1) is 11.3 Å². The predicted molar refractivity (Wildman–Crippen MR) is 95.8 cm³/mol. The first-order valence-electron chi connectivity index (χ1n) is 8.18. The van der Waals surface area contributed by atoms with Crippen molar-refractivity contribution in [2.75, 3.05) is 6.54 Å². The zero-order valence-electron chi connectivity index (χ0n) is 13.3. The van der Waals surface area contributed by atoms with Gasteiger partial charge < -0.3 is 5.32 Å². The summed E-state index contributed by atoms with van der Waals surface area (Å²) in [6.07, 6.45) is 11.0. The van der Waals surface area contributed by atoms with E-state index in [4.69, 9.17) is 0 Å². The number of hydrogen-bond acceptors (Lipinski definition) is 2. The van der Waals surface area contributed by atoms with Crippen LogP contribution in [0.3, 0.4) is 0 Å². The maximum atomic E-state index is 3.64. The zero-order valence-corrected chi connectivity index (χ0v) is 15.7. The van der Waals surface area contributed by atoms with Crippen molar-refractivity contribution in [2.24, 2.45) is 0 Å². The van der Waals surface area contributed by atoms with Crippen molar-refractivity contribution in [3.8, 4) is 0 Å². The Labute approximate surface area is 137 Å². The van der Waals surface area contributed by atoms with Crippen LogP contribution in [0.15, 0.2) is 9.85 Å². The highest BCUT2D eigenvalue weighted by Gasteiger charge is 2.13. The fourth-order valence-electron chi connectivity index (χ4n) is 2.55. The second-order valence-electron chi connectivity index (χ2n) is 5.63. The molecule has 20 heavy (non-hydrogen) atoms. The Balaban J connectivity index is 2.29. The molecule has 1 aromatic rings. The van der Waals surface area contributed by atoms with E-state index in [0.29, 0.717) is 6.04 Å². The SMILES string of the molecule is CCCCCCCCCC(NCC)c1cc(C)c(Br)s1. The average Bonchev–Trinajstić information content (AvgIpc) is 2.76. The van der Waals surface area contributed by atoms with E-state index in [1.165, 1.54) is 65.6 Å². The Hall–Kier alpha value is 0.140. The Morgan fingerprint density at radius 1 is 1.10 bits per heavy atom. The third-order valence-electron chi connectivity index (χ3n) is 3.77. The molecule has 0 amide bonds. The lowest BCUT2D eigenvalue weighted by Gasteiger charge is -2.16. The maximum Gasteiger partial charge on any atom is 0.0731 e. The van der Waals surface area contributed by atoms with Gasteiger partial charge in [-0.1, -0.05) is 58.8 Å². The van der Waals surface area contributed by atoms with Gasteiger partial charge in [-0.2, -0.15) is 0 Å². The predicted octanol–water partition coefficient (Wildman–Crippen LogP) is 6.61. The summed E-state index contributed by atoms with van der Waals surface area (Å²) in [5.41, 5.74) is 1.37. The molecule has 0 fully saturated rings. The van der Waals surface area contributed by atoms with Crippen molar-refractivity contribution in [3.05, 3.63) is 20.3 Å². The number of nitrogens with one attached hydrogen (secondary N) is 1. The van der Waals surface area contributed by atoms with E-state index in [1.807, 2.05) is 11.3 Å². The van der Waals surface area contributed by atoms with Crippen LogP contribution in [-0.4, -0.2) is 6.54 Å². The van der Waals surface area contributed by atoms with Crippen molar-refractivity contribution in [1.29, 1.82) is 0 Å². The third kappa shape index (κ3) is 6.73. The van der Waals surface area contributed by atoms with Gasteiger partial charge >= 0.3 is 0 Å². The van der Waals surface area contributed by atoms with Crippen LogP contribution in [0.25, 0.3) is 0 Å². The van der Waals surface area contributed by atoms with Gasteiger partial charge in [0.1, 0.15) is 0 Å². The van der Waals surface area contributed by atoms with Crippen LogP contribution in [0.5, 0.6) is 0 Å². The summed E-state index contributed by atoms with van der Waals surface area (Å²) in [5.74, 6) is 0. The molecule has 0 saturated heterocycles. The second kappa shape index (κ2) is 10.8. The van der Waals surface area contributed by atoms with Crippen molar-refractivity contribution >= 4 is 27.3 Å². The molecule has 0 aliphatic rings. The van der Waals surface area contributed by atoms with Gasteiger partial charge in [0, 0.05) is 10.9 Å². The highest BCUT2D eigenvalue weighted by Crippen LogP contribution is 2.33. The smallest absolute Gasteiger partial charge is 0.0731 e. The minimum atomic E-state index is 0.547. The van der Waals surface area contributed by atoms with Crippen LogP contribution >= 0.6 is 27.3 Å². The number of rotatable bonds is 11. The molecule has 0 saturated carbocycles. The number of thiophene rings is 1. The molecule has 0 spiro atoms. The number of halogens is 1. The van der Waals surface area contributed by atoms with Gasteiger partial charge in [0.2, 0.25) is 0 Å².